The van der Waals surface area contributed by atoms with Crippen molar-refractivity contribution in [3.63, 3.8) is 0 Å². The molecule has 0 atom stereocenters. The van der Waals surface area contributed by atoms with Crippen molar-refractivity contribution in [1.82, 2.24) is 19.9 Å². The van der Waals surface area contributed by atoms with Crippen LogP contribution in [0.2, 0.25) is 0 Å². The van der Waals surface area contributed by atoms with Crippen LogP contribution in [0.1, 0.15) is 28.7 Å². The third-order valence-corrected chi connectivity index (χ3v) is 6.52. The van der Waals surface area contributed by atoms with Crippen LogP contribution in [0.5, 0.6) is 0 Å². The smallest absolute Gasteiger partial charge is 0.241 e. The van der Waals surface area contributed by atoms with Gasteiger partial charge in [-0.3, -0.25) is 14.9 Å². The molecule has 0 aliphatic heterocycles. The molecule has 3 aromatic rings. The van der Waals surface area contributed by atoms with Crippen LogP contribution in [0.25, 0.3) is 11.3 Å². The number of anilines is 1. The molecule has 0 spiro atoms. The van der Waals surface area contributed by atoms with Gasteiger partial charge in [-0.15, -0.1) is 0 Å². The summed E-state index contributed by atoms with van der Waals surface area (Å²) in [5.41, 5.74) is 4.86. The highest BCUT2D eigenvalue weighted by atomic mass is 32.2. The standard InChI is InChI=1S/C21H25N5O3S/c1-13-11-14(2)20(15(3)12-13)30(28,29)23-10-7-18(27)24-21-16(4)19(25-26-21)17-5-8-22-9-6-17/h5-6,8-9,11-12,23H,7,10H2,1-4H3,(H2,24,25,26,27). The molecular weight excluding hydrogens is 402 g/mol. The fraction of sp³-hybridized carbons (Fsp3) is 0.286. The molecule has 1 aromatic carbocycles. The second-order valence-electron chi connectivity index (χ2n) is 7.23. The third-order valence-electron chi connectivity index (χ3n) is 4.75. The van der Waals surface area contributed by atoms with Crippen LogP contribution < -0.4 is 10.0 Å². The molecule has 0 saturated heterocycles. The van der Waals surface area contributed by atoms with Gasteiger partial charge in [0.05, 0.1) is 10.6 Å². The van der Waals surface area contributed by atoms with E-state index in [4.69, 9.17) is 0 Å². The Kier molecular flexibility index (Phi) is 6.33. The number of benzene rings is 1. The van der Waals surface area contributed by atoms with E-state index in [1.54, 1.807) is 26.2 Å². The van der Waals surface area contributed by atoms with Crippen LogP contribution in [0, 0.1) is 27.7 Å². The topological polar surface area (TPSA) is 117 Å². The Labute approximate surface area is 176 Å². The molecule has 0 unspecified atom stereocenters. The van der Waals surface area contributed by atoms with Gasteiger partial charge in [0.2, 0.25) is 15.9 Å². The molecule has 3 N–H and O–H groups in total. The molecular formula is C21H25N5O3S. The van der Waals surface area contributed by atoms with Gasteiger partial charge in [-0.1, -0.05) is 17.7 Å². The second kappa shape index (κ2) is 8.76. The van der Waals surface area contributed by atoms with Crippen molar-refractivity contribution in [2.24, 2.45) is 0 Å². The summed E-state index contributed by atoms with van der Waals surface area (Å²) in [6.45, 7) is 7.29. The van der Waals surface area contributed by atoms with E-state index in [1.807, 2.05) is 38.1 Å². The number of carbonyl (C=O) groups excluding carboxylic acids is 1. The van der Waals surface area contributed by atoms with Gasteiger partial charge in [-0.05, 0) is 51.0 Å². The lowest BCUT2D eigenvalue weighted by Gasteiger charge is -2.13. The maximum absolute atomic E-state index is 12.7. The molecule has 2 aromatic heterocycles. The van der Waals surface area contributed by atoms with Crippen LogP contribution in [0.15, 0.2) is 41.6 Å². The van der Waals surface area contributed by atoms with Gasteiger partial charge in [0, 0.05) is 36.5 Å². The zero-order valence-electron chi connectivity index (χ0n) is 17.4. The highest BCUT2D eigenvalue weighted by Gasteiger charge is 2.20. The number of amides is 1. The highest BCUT2D eigenvalue weighted by molar-refractivity contribution is 7.89. The second-order valence-corrected chi connectivity index (χ2v) is 8.94. The average molecular weight is 428 g/mol. The van der Waals surface area contributed by atoms with Gasteiger partial charge >= 0.3 is 0 Å². The fourth-order valence-corrected chi connectivity index (χ4v) is 4.96. The van der Waals surface area contributed by atoms with Crippen molar-refractivity contribution in [3.05, 3.63) is 58.9 Å². The Balaban J connectivity index is 1.61. The Morgan fingerprint density at radius 3 is 2.33 bits per heavy atom. The SMILES string of the molecule is Cc1cc(C)c(S(=O)(=O)NCCC(=O)Nc2n[nH]c(-c3ccncc3)c2C)c(C)c1. The lowest BCUT2D eigenvalue weighted by molar-refractivity contribution is -0.116. The molecule has 0 aliphatic carbocycles. The third kappa shape index (κ3) is 4.74. The molecule has 3 rings (SSSR count). The van der Waals surface area contributed by atoms with Crippen molar-refractivity contribution in [1.29, 1.82) is 0 Å². The summed E-state index contributed by atoms with van der Waals surface area (Å²) in [6, 6.07) is 7.34. The number of sulfonamides is 1. The largest absolute Gasteiger partial charge is 0.309 e. The molecule has 0 aliphatic rings. The molecule has 0 bridgehead atoms. The van der Waals surface area contributed by atoms with Crippen LogP contribution in [-0.4, -0.2) is 36.1 Å². The molecule has 8 nitrogen and oxygen atoms in total. The van der Waals surface area contributed by atoms with Crippen molar-refractivity contribution in [2.45, 2.75) is 39.0 Å². The lowest BCUT2D eigenvalue weighted by Crippen LogP contribution is -2.29. The number of pyridine rings is 1. The van der Waals surface area contributed by atoms with E-state index >= 15 is 0 Å². The Hall–Kier alpha value is -3.04. The first-order valence-electron chi connectivity index (χ1n) is 9.52. The van der Waals surface area contributed by atoms with Gasteiger partial charge in [-0.25, -0.2) is 13.1 Å². The van der Waals surface area contributed by atoms with E-state index in [-0.39, 0.29) is 23.8 Å². The molecule has 0 saturated carbocycles. The number of aromatic amines is 1. The predicted molar refractivity (Wildman–Crippen MR) is 116 cm³/mol. The minimum Gasteiger partial charge on any atom is -0.309 e. The number of H-pyrrole nitrogens is 1. The number of hydrogen-bond donors (Lipinski definition) is 3. The first kappa shape index (κ1) is 21.7. The summed E-state index contributed by atoms with van der Waals surface area (Å²) in [4.78, 5) is 16.6. The van der Waals surface area contributed by atoms with Gasteiger partial charge in [-0.2, -0.15) is 5.10 Å². The summed E-state index contributed by atoms with van der Waals surface area (Å²) in [7, 11) is -3.70. The number of nitrogens with one attached hydrogen (secondary N) is 3. The molecule has 0 fully saturated rings. The average Bonchev–Trinajstić information content (AvgIpc) is 3.01. The van der Waals surface area contributed by atoms with Crippen LogP contribution in [-0.2, 0) is 14.8 Å². The summed E-state index contributed by atoms with van der Waals surface area (Å²) < 4.78 is 27.9. The van der Waals surface area contributed by atoms with Crippen LogP contribution >= 0.6 is 0 Å². The van der Waals surface area contributed by atoms with Gasteiger partial charge in [0.1, 0.15) is 0 Å². The van der Waals surface area contributed by atoms with Gasteiger partial charge in [0.25, 0.3) is 0 Å². The quantitative estimate of drug-likeness (QED) is 0.536. The van der Waals surface area contributed by atoms with Crippen molar-refractivity contribution >= 4 is 21.7 Å². The molecule has 9 heteroatoms. The Morgan fingerprint density at radius 1 is 1.07 bits per heavy atom. The van der Waals surface area contributed by atoms with E-state index in [2.05, 4.69) is 25.2 Å². The summed E-state index contributed by atoms with van der Waals surface area (Å²) in [5.74, 6) is 0.0887. The maximum Gasteiger partial charge on any atom is 0.241 e. The minimum absolute atomic E-state index is 0.0123. The number of aromatic nitrogens is 3. The number of nitrogens with zero attached hydrogens (tertiary/aromatic N) is 2. The first-order valence-corrected chi connectivity index (χ1v) is 11.0. The van der Waals surface area contributed by atoms with E-state index in [0.29, 0.717) is 16.9 Å². The molecule has 0 radical (unpaired) electrons. The molecule has 1 amide bonds. The zero-order valence-corrected chi connectivity index (χ0v) is 18.2. The Bertz CT molecular complexity index is 1150. The summed E-state index contributed by atoms with van der Waals surface area (Å²) in [5, 5.41) is 9.79. The van der Waals surface area contributed by atoms with Crippen LogP contribution in [0.3, 0.4) is 0 Å². The van der Waals surface area contributed by atoms with Gasteiger partial charge in [0.15, 0.2) is 5.82 Å². The lowest BCUT2D eigenvalue weighted by atomic mass is 10.1. The van der Waals surface area contributed by atoms with E-state index < -0.39 is 10.0 Å². The van der Waals surface area contributed by atoms with E-state index in [0.717, 1.165) is 22.4 Å². The molecule has 158 valence electrons. The molecule has 2 heterocycles. The number of rotatable bonds is 7. The molecule has 30 heavy (non-hydrogen) atoms. The first-order chi connectivity index (χ1) is 14.2. The van der Waals surface area contributed by atoms with Crippen molar-refractivity contribution in [2.75, 3.05) is 11.9 Å². The van der Waals surface area contributed by atoms with Crippen molar-refractivity contribution < 1.29 is 13.2 Å². The monoisotopic (exact) mass is 427 g/mol. The normalized spacial score (nSPS) is 11.5. The maximum atomic E-state index is 12.7. The van der Waals surface area contributed by atoms with E-state index in [1.165, 1.54) is 0 Å². The minimum atomic E-state index is -3.70. The van der Waals surface area contributed by atoms with Gasteiger partial charge < -0.3 is 5.32 Å². The van der Waals surface area contributed by atoms with Crippen LogP contribution in [0.4, 0.5) is 5.82 Å². The van der Waals surface area contributed by atoms with Crippen molar-refractivity contribution in [3.8, 4) is 11.3 Å². The number of carbonyl (C=O) groups is 1. The number of hydrogen-bond acceptors (Lipinski definition) is 5. The Morgan fingerprint density at radius 2 is 1.70 bits per heavy atom. The fourth-order valence-electron chi connectivity index (χ4n) is 3.48. The predicted octanol–water partition coefficient (Wildman–Crippen LogP) is 3.01. The van der Waals surface area contributed by atoms with E-state index in [9.17, 15) is 13.2 Å². The summed E-state index contributed by atoms with van der Waals surface area (Å²) >= 11 is 0. The number of aryl methyl sites for hydroxylation is 3. The zero-order chi connectivity index (χ0) is 21.9. The summed E-state index contributed by atoms with van der Waals surface area (Å²) in [6.07, 6.45) is 3.34. The highest BCUT2D eigenvalue weighted by Crippen LogP contribution is 2.25.